The van der Waals surface area contributed by atoms with Gasteiger partial charge in [0.1, 0.15) is 0 Å². The van der Waals surface area contributed by atoms with E-state index in [1.54, 1.807) is 0 Å². The highest BCUT2D eigenvalue weighted by Gasteiger charge is 2.33. The highest BCUT2D eigenvalue weighted by atomic mass is 16.7. The van der Waals surface area contributed by atoms with Gasteiger partial charge in [0, 0.05) is 12.5 Å². The molecule has 0 saturated carbocycles. The van der Waals surface area contributed by atoms with E-state index in [1.165, 1.54) is 23.6 Å². The summed E-state index contributed by atoms with van der Waals surface area (Å²) in [6, 6.07) is 4.56. The Bertz CT molecular complexity index is 634. The van der Waals surface area contributed by atoms with Crippen LogP contribution < -0.4 is 0 Å². The molecule has 0 N–H and O–H groups in total. The summed E-state index contributed by atoms with van der Waals surface area (Å²) in [5, 5.41) is 4.01. The minimum absolute atomic E-state index is 0.0736. The van der Waals surface area contributed by atoms with E-state index in [-0.39, 0.29) is 16.8 Å². The van der Waals surface area contributed by atoms with Crippen molar-refractivity contribution in [2.75, 3.05) is 0 Å². The summed E-state index contributed by atoms with van der Waals surface area (Å²) in [6.07, 6.45) is 2.19. The Morgan fingerprint density at radius 3 is 2.41 bits per heavy atom. The zero-order valence-corrected chi connectivity index (χ0v) is 14.8. The molecule has 3 heteroatoms. The highest BCUT2D eigenvalue weighted by Crippen LogP contribution is 2.42. The number of benzene rings is 1. The second-order valence-corrected chi connectivity index (χ2v) is 7.94. The normalized spacial score (nSPS) is 17.3. The molecule has 0 radical (unpaired) electrons. The SMILES string of the molecule is CC(=O)O/N=C(/C)c1cc(C(C)(C)C)cc2c1CCC2(C)C. The monoisotopic (exact) mass is 301 g/mol. The van der Waals surface area contributed by atoms with E-state index in [4.69, 9.17) is 4.84 Å². The first-order chi connectivity index (χ1) is 10.0. The predicted molar refractivity (Wildman–Crippen MR) is 90.5 cm³/mol. The van der Waals surface area contributed by atoms with Gasteiger partial charge in [-0.1, -0.05) is 45.8 Å². The smallest absolute Gasteiger partial charge is 0.318 e. The van der Waals surface area contributed by atoms with Crippen LogP contribution in [0.15, 0.2) is 17.3 Å². The number of nitrogens with zero attached hydrogens (tertiary/aromatic N) is 1. The van der Waals surface area contributed by atoms with Gasteiger partial charge in [-0.15, -0.1) is 0 Å². The molecule has 0 bridgehead atoms. The molecule has 0 aromatic heterocycles. The molecule has 0 heterocycles. The average molecular weight is 301 g/mol. The van der Waals surface area contributed by atoms with Crippen LogP contribution >= 0.6 is 0 Å². The van der Waals surface area contributed by atoms with Gasteiger partial charge in [-0.3, -0.25) is 0 Å². The Morgan fingerprint density at radius 2 is 1.86 bits per heavy atom. The minimum Gasteiger partial charge on any atom is -0.318 e. The summed E-state index contributed by atoms with van der Waals surface area (Å²) in [6.45, 7) is 14.5. The van der Waals surface area contributed by atoms with E-state index in [0.29, 0.717) is 0 Å². The van der Waals surface area contributed by atoms with Crippen molar-refractivity contribution < 1.29 is 9.63 Å². The Hall–Kier alpha value is -1.64. The van der Waals surface area contributed by atoms with E-state index >= 15 is 0 Å². The molecule has 0 unspecified atom stereocenters. The van der Waals surface area contributed by atoms with Crippen molar-refractivity contribution in [1.82, 2.24) is 0 Å². The third-order valence-electron chi connectivity index (χ3n) is 4.55. The summed E-state index contributed by atoms with van der Waals surface area (Å²) in [7, 11) is 0. The van der Waals surface area contributed by atoms with Crippen molar-refractivity contribution in [1.29, 1.82) is 0 Å². The second-order valence-electron chi connectivity index (χ2n) is 7.94. The lowest BCUT2D eigenvalue weighted by Crippen LogP contribution is -2.18. The summed E-state index contributed by atoms with van der Waals surface area (Å²) in [4.78, 5) is 15.9. The fourth-order valence-corrected chi connectivity index (χ4v) is 3.06. The molecule has 0 aliphatic heterocycles. The summed E-state index contributed by atoms with van der Waals surface area (Å²) in [5.41, 5.74) is 6.22. The quantitative estimate of drug-likeness (QED) is 0.458. The molecule has 0 spiro atoms. The maximum atomic E-state index is 11.0. The van der Waals surface area contributed by atoms with Gasteiger partial charge in [-0.2, -0.15) is 0 Å². The Balaban J connectivity index is 2.61. The van der Waals surface area contributed by atoms with Crippen LogP contribution in [0.25, 0.3) is 0 Å². The maximum Gasteiger partial charge on any atom is 0.331 e. The zero-order chi connectivity index (χ0) is 16.7. The van der Waals surface area contributed by atoms with Crippen molar-refractivity contribution >= 4 is 11.7 Å². The van der Waals surface area contributed by atoms with Gasteiger partial charge in [0.15, 0.2) is 0 Å². The van der Waals surface area contributed by atoms with E-state index in [2.05, 4.69) is 51.9 Å². The number of oxime groups is 1. The molecular formula is C19H27NO2. The lowest BCUT2D eigenvalue weighted by molar-refractivity contribution is -0.140. The molecule has 0 atom stereocenters. The molecule has 2 rings (SSSR count). The molecular weight excluding hydrogens is 274 g/mol. The van der Waals surface area contributed by atoms with Gasteiger partial charge in [-0.05, 0) is 53.4 Å². The first-order valence-electron chi connectivity index (χ1n) is 7.93. The third-order valence-corrected chi connectivity index (χ3v) is 4.55. The highest BCUT2D eigenvalue weighted by molar-refractivity contribution is 6.00. The van der Waals surface area contributed by atoms with Crippen molar-refractivity contribution in [3.8, 4) is 0 Å². The zero-order valence-electron chi connectivity index (χ0n) is 14.8. The molecule has 1 aromatic rings. The summed E-state index contributed by atoms with van der Waals surface area (Å²) < 4.78 is 0. The van der Waals surface area contributed by atoms with Crippen LogP contribution in [0.1, 0.15) is 77.1 Å². The fourth-order valence-electron chi connectivity index (χ4n) is 3.06. The van der Waals surface area contributed by atoms with Crippen molar-refractivity contribution in [3.63, 3.8) is 0 Å². The summed E-state index contributed by atoms with van der Waals surface area (Å²) in [5.74, 6) is -0.386. The lowest BCUT2D eigenvalue weighted by atomic mass is 9.79. The first-order valence-corrected chi connectivity index (χ1v) is 7.93. The topological polar surface area (TPSA) is 38.7 Å². The fraction of sp³-hybridized carbons (Fsp3) is 0.579. The van der Waals surface area contributed by atoms with Crippen molar-refractivity contribution in [3.05, 3.63) is 34.4 Å². The van der Waals surface area contributed by atoms with Gasteiger partial charge in [0.25, 0.3) is 0 Å². The number of fused-ring (bicyclic) bond motifs is 1. The predicted octanol–water partition coefficient (Wildman–Crippen LogP) is 4.50. The Labute approximate surface area is 133 Å². The molecule has 1 aromatic carbocycles. The van der Waals surface area contributed by atoms with Crippen molar-refractivity contribution in [2.24, 2.45) is 5.16 Å². The van der Waals surface area contributed by atoms with Crippen LogP contribution in [0, 0.1) is 0 Å². The van der Waals surface area contributed by atoms with Gasteiger partial charge in [0.2, 0.25) is 0 Å². The van der Waals surface area contributed by atoms with Gasteiger partial charge >= 0.3 is 5.97 Å². The molecule has 1 aliphatic carbocycles. The Kier molecular flexibility index (Phi) is 4.20. The molecule has 22 heavy (non-hydrogen) atoms. The average Bonchev–Trinajstić information content (AvgIpc) is 2.70. The van der Waals surface area contributed by atoms with Gasteiger partial charge in [-0.25, -0.2) is 4.79 Å². The number of carbonyl (C=O) groups is 1. The second kappa shape index (κ2) is 5.53. The number of hydrogen-bond donors (Lipinski definition) is 0. The van der Waals surface area contributed by atoms with Gasteiger partial charge in [0.05, 0.1) is 5.71 Å². The standard InChI is InChI=1S/C19H27NO2/c1-12(20-22-13(2)21)16-10-14(18(3,4)5)11-17-15(16)8-9-19(17,6)7/h10-11H,8-9H2,1-7H3/b20-12-. The maximum absolute atomic E-state index is 11.0. The molecule has 3 nitrogen and oxygen atoms in total. The van der Waals surface area contributed by atoms with Crippen LogP contribution in [-0.2, 0) is 26.9 Å². The first kappa shape index (κ1) is 16.7. The third kappa shape index (κ3) is 3.23. The van der Waals surface area contributed by atoms with E-state index in [1.807, 2.05) is 6.92 Å². The van der Waals surface area contributed by atoms with E-state index < -0.39 is 0 Å². The Morgan fingerprint density at radius 1 is 1.23 bits per heavy atom. The minimum atomic E-state index is -0.386. The van der Waals surface area contributed by atoms with Gasteiger partial charge < -0.3 is 4.84 Å². The van der Waals surface area contributed by atoms with E-state index in [9.17, 15) is 4.79 Å². The lowest BCUT2D eigenvalue weighted by Gasteiger charge is -2.26. The van der Waals surface area contributed by atoms with Crippen LogP contribution in [0.5, 0.6) is 0 Å². The molecule has 120 valence electrons. The van der Waals surface area contributed by atoms with E-state index in [0.717, 1.165) is 24.1 Å². The largest absolute Gasteiger partial charge is 0.331 e. The van der Waals surface area contributed by atoms with Crippen LogP contribution in [0.3, 0.4) is 0 Å². The number of hydrogen-bond acceptors (Lipinski definition) is 3. The molecule has 0 amide bonds. The van der Waals surface area contributed by atoms with Crippen LogP contribution in [-0.4, -0.2) is 11.7 Å². The molecule has 0 fully saturated rings. The molecule has 0 saturated heterocycles. The number of carbonyl (C=O) groups excluding carboxylic acids is 1. The van der Waals surface area contributed by atoms with Crippen LogP contribution in [0.4, 0.5) is 0 Å². The molecule has 1 aliphatic rings. The van der Waals surface area contributed by atoms with Crippen molar-refractivity contribution in [2.45, 2.75) is 72.1 Å². The van der Waals surface area contributed by atoms with Crippen LogP contribution in [0.2, 0.25) is 0 Å². The summed E-state index contributed by atoms with van der Waals surface area (Å²) >= 11 is 0. The number of rotatable bonds is 2.